The Morgan fingerprint density at radius 2 is 1.71 bits per heavy atom. The highest BCUT2D eigenvalue weighted by molar-refractivity contribution is 5.51. The van der Waals surface area contributed by atoms with Gasteiger partial charge in [0.2, 0.25) is 0 Å². The van der Waals surface area contributed by atoms with Gasteiger partial charge in [-0.1, -0.05) is 6.07 Å². The Balaban J connectivity index is 2.02. The largest absolute Gasteiger partial charge is 0.508 e. The minimum absolute atomic E-state index is 0.102. The van der Waals surface area contributed by atoms with Crippen molar-refractivity contribution in [3.05, 3.63) is 47.0 Å². The zero-order chi connectivity index (χ0) is 15.1. The molecule has 21 heavy (non-hydrogen) atoms. The number of aryl methyl sites for hydroxylation is 1. The quantitative estimate of drug-likeness (QED) is 0.645. The number of phenolic OH excluding ortho intramolecular Hbond substituents is 3. The summed E-state index contributed by atoms with van der Waals surface area (Å²) < 4.78 is 5.72. The minimum Gasteiger partial charge on any atom is -0.508 e. The van der Waals surface area contributed by atoms with Crippen LogP contribution in [0.2, 0.25) is 0 Å². The van der Waals surface area contributed by atoms with Crippen LogP contribution in [-0.4, -0.2) is 26.5 Å². The fourth-order valence-electron chi connectivity index (χ4n) is 2.70. The van der Waals surface area contributed by atoms with E-state index in [1.165, 1.54) is 18.2 Å². The maximum Gasteiger partial charge on any atom is 0.150 e. The molecule has 3 rings (SSSR count). The van der Waals surface area contributed by atoms with Gasteiger partial charge in [-0.3, -0.25) is 0 Å². The van der Waals surface area contributed by atoms with E-state index in [4.69, 9.17) is 4.74 Å². The molecule has 2 atom stereocenters. The van der Waals surface area contributed by atoms with E-state index in [1.54, 1.807) is 6.07 Å². The molecule has 0 fully saturated rings. The van der Waals surface area contributed by atoms with Crippen LogP contribution >= 0.6 is 0 Å². The Morgan fingerprint density at radius 1 is 1.00 bits per heavy atom. The molecule has 0 aromatic heterocycles. The number of aliphatic hydroxyl groups is 1. The number of aliphatic hydroxyl groups excluding tert-OH is 1. The van der Waals surface area contributed by atoms with Crippen molar-refractivity contribution in [3.63, 3.8) is 0 Å². The molecular formula is C16H16O5. The standard InChI is InChI=1S/C16H16O5/c1-8-2-9(4-10(17)3-8)16-14(20)7-12-13(19)5-11(18)6-15(12)21-16/h2-6,14,16-20H,7H2,1H3. The predicted octanol–water partition coefficient (Wildman–Crippen LogP) is 2.15. The van der Waals surface area contributed by atoms with Crippen LogP contribution in [0, 0.1) is 6.92 Å². The first-order valence-electron chi connectivity index (χ1n) is 6.64. The number of ether oxygens (including phenoxy) is 1. The Hall–Kier alpha value is -2.40. The van der Waals surface area contributed by atoms with Gasteiger partial charge in [0, 0.05) is 24.1 Å². The number of hydrogen-bond donors (Lipinski definition) is 4. The molecule has 0 saturated carbocycles. The van der Waals surface area contributed by atoms with Crippen LogP contribution in [0.25, 0.3) is 0 Å². The molecule has 0 saturated heterocycles. The van der Waals surface area contributed by atoms with Crippen LogP contribution in [0.1, 0.15) is 22.8 Å². The monoisotopic (exact) mass is 288 g/mol. The molecule has 2 aromatic rings. The van der Waals surface area contributed by atoms with Crippen LogP contribution in [0.15, 0.2) is 30.3 Å². The topological polar surface area (TPSA) is 90.2 Å². The summed E-state index contributed by atoms with van der Waals surface area (Å²) in [5.41, 5.74) is 1.97. The summed E-state index contributed by atoms with van der Waals surface area (Å²) in [5.74, 6) is 0.234. The molecule has 5 nitrogen and oxygen atoms in total. The smallest absolute Gasteiger partial charge is 0.150 e. The molecule has 5 heteroatoms. The third-order valence-corrected chi connectivity index (χ3v) is 3.60. The van der Waals surface area contributed by atoms with E-state index < -0.39 is 12.2 Å². The van der Waals surface area contributed by atoms with Gasteiger partial charge in [0.15, 0.2) is 0 Å². The number of hydrogen-bond acceptors (Lipinski definition) is 5. The zero-order valence-electron chi connectivity index (χ0n) is 11.4. The number of phenols is 3. The summed E-state index contributed by atoms with van der Waals surface area (Å²) in [6, 6.07) is 7.59. The highest BCUT2D eigenvalue weighted by Gasteiger charge is 2.32. The second kappa shape index (κ2) is 4.86. The Labute approximate surface area is 121 Å². The number of benzene rings is 2. The normalized spacial score (nSPS) is 20.7. The van der Waals surface area contributed by atoms with Crippen molar-refractivity contribution in [3.8, 4) is 23.0 Å². The van der Waals surface area contributed by atoms with Crippen LogP contribution in [0.5, 0.6) is 23.0 Å². The van der Waals surface area contributed by atoms with Gasteiger partial charge in [-0.2, -0.15) is 0 Å². The molecule has 0 radical (unpaired) electrons. The van der Waals surface area contributed by atoms with Crippen molar-refractivity contribution < 1.29 is 25.2 Å². The van der Waals surface area contributed by atoms with Gasteiger partial charge in [0.1, 0.15) is 29.1 Å². The van der Waals surface area contributed by atoms with E-state index in [0.29, 0.717) is 16.9 Å². The van der Waals surface area contributed by atoms with Crippen LogP contribution in [0.3, 0.4) is 0 Å². The number of aromatic hydroxyl groups is 3. The lowest BCUT2D eigenvalue weighted by Crippen LogP contribution is -2.30. The van der Waals surface area contributed by atoms with Gasteiger partial charge in [-0.25, -0.2) is 0 Å². The number of fused-ring (bicyclic) bond motifs is 1. The van der Waals surface area contributed by atoms with E-state index in [0.717, 1.165) is 5.56 Å². The van der Waals surface area contributed by atoms with E-state index >= 15 is 0 Å². The molecule has 1 aliphatic heterocycles. The highest BCUT2D eigenvalue weighted by Crippen LogP contribution is 2.42. The van der Waals surface area contributed by atoms with Gasteiger partial charge < -0.3 is 25.2 Å². The molecule has 1 aliphatic rings. The summed E-state index contributed by atoms with van der Waals surface area (Å²) in [7, 11) is 0. The average molecular weight is 288 g/mol. The van der Waals surface area contributed by atoms with Gasteiger partial charge in [-0.15, -0.1) is 0 Å². The second-order valence-corrected chi connectivity index (χ2v) is 5.35. The summed E-state index contributed by atoms with van der Waals surface area (Å²) in [5, 5.41) is 39.3. The van der Waals surface area contributed by atoms with Crippen molar-refractivity contribution in [1.29, 1.82) is 0 Å². The fourth-order valence-corrected chi connectivity index (χ4v) is 2.70. The summed E-state index contributed by atoms with van der Waals surface area (Å²) in [6.45, 7) is 1.84. The molecule has 0 spiro atoms. The third-order valence-electron chi connectivity index (χ3n) is 3.60. The maximum atomic E-state index is 10.3. The first-order valence-corrected chi connectivity index (χ1v) is 6.64. The molecular weight excluding hydrogens is 272 g/mol. The van der Waals surface area contributed by atoms with E-state index in [2.05, 4.69) is 0 Å². The Bertz CT molecular complexity index is 675. The molecule has 0 bridgehead atoms. The summed E-state index contributed by atoms with van der Waals surface area (Å²) in [6.07, 6.45) is -1.31. The molecule has 1 heterocycles. The van der Waals surface area contributed by atoms with E-state index in [-0.39, 0.29) is 23.7 Å². The lowest BCUT2D eigenvalue weighted by atomic mass is 9.93. The van der Waals surface area contributed by atoms with Crippen molar-refractivity contribution in [2.24, 2.45) is 0 Å². The maximum absolute atomic E-state index is 10.3. The van der Waals surface area contributed by atoms with E-state index in [1.807, 2.05) is 13.0 Å². The molecule has 0 amide bonds. The molecule has 0 aliphatic carbocycles. The Kier molecular flexibility index (Phi) is 3.14. The average Bonchev–Trinajstić information content (AvgIpc) is 2.38. The lowest BCUT2D eigenvalue weighted by Gasteiger charge is -2.31. The fraction of sp³-hybridized carbons (Fsp3) is 0.250. The van der Waals surface area contributed by atoms with Crippen LogP contribution in [-0.2, 0) is 6.42 Å². The molecule has 2 aromatic carbocycles. The SMILES string of the molecule is Cc1cc(O)cc(C2Oc3cc(O)cc(O)c3CC2O)c1. The van der Waals surface area contributed by atoms with Crippen LogP contribution < -0.4 is 4.74 Å². The minimum atomic E-state index is -0.853. The van der Waals surface area contributed by atoms with Gasteiger partial charge in [0.05, 0.1) is 6.10 Å². The highest BCUT2D eigenvalue weighted by atomic mass is 16.5. The van der Waals surface area contributed by atoms with Gasteiger partial charge in [-0.05, 0) is 30.2 Å². The van der Waals surface area contributed by atoms with Crippen molar-refractivity contribution >= 4 is 0 Å². The van der Waals surface area contributed by atoms with Crippen molar-refractivity contribution in [1.82, 2.24) is 0 Å². The van der Waals surface area contributed by atoms with Gasteiger partial charge >= 0.3 is 0 Å². The summed E-state index contributed by atoms with van der Waals surface area (Å²) in [4.78, 5) is 0. The summed E-state index contributed by atoms with van der Waals surface area (Å²) >= 11 is 0. The predicted molar refractivity (Wildman–Crippen MR) is 75.7 cm³/mol. The van der Waals surface area contributed by atoms with Crippen LogP contribution in [0.4, 0.5) is 0 Å². The van der Waals surface area contributed by atoms with Crippen molar-refractivity contribution in [2.75, 3.05) is 0 Å². The van der Waals surface area contributed by atoms with Crippen molar-refractivity contribution in [2.45, 2.75) is 25.6 Å². The Morgan fingerprint density at radius 3 is 2.43 bits per heavy atom. The van der Waals surface area contributed by atoms with Gasteiger partial charge in [0.25, 0.3) is 0 Å². The second-order valence-electron chi connectivity index (χ2n) is 5.35. The first kappa shape index (κ1) is 13.6. The number of rotatable bonds is 1. The molecule has 110 valence electrons. The molecule has 2 unspecified atom stereocenters. The van der Waals surface area contributed by atoms with E-state index in [9.17, 15) is 20.4 Å². The molecule has 4 N–H and O–H groups in total. The first-order chi connectivity index (χ1) is 9.94. The lowest BCUT2D eigenvalue weighted by molar-refractivity contribution is 0.0197. The third kappa shape index (κ3) is 2.48. The zero-order valence-corrected chi connectivity index (χ0v) is 11.4.